The van der Waals surface area contributed by atoms with Crippen molar-refractivity contribution in [1.82, 2.24) is 4.90 Å². The van der Waals surface area contributed by atoms with Gasteiger partial charge in [0.15, 0.2) is 0 Å². The Balaban J connectivity index is 3.86. The Bertz CT molecular complexity index is 650. The molecule has 0 aliphatic carbocycles. The van der Waals surface area contributed by atoms with Crippen molar-refractivity contribution in [3.63, 3.8) is 0 Å². The number of nitrogens with zero attached hydrogens (tertiary/aromatic N) is 1. The number of hydrogen-bond acceptors (Lipinski definition) is 2. The second-order valence-corrected chi connectivity index (χ2v) is 5.32. The molecule has 0 aromatic carbocycles. The summed E-state index contributed by atoms with van der Waals surface area (Å²) in [5.41, 5.74) is 0. The number of halogens is 19. The van der Waals surface area contributed by atoms with Crippen LogP contribution in [0.5, 0.6) is 0 Å². The molecule has 1 fully saturated rings. The van der Waals surface area contributed by atoms with E-state index in [-0.39, 0.29) is 0 Å². The zero-order valence-electron chi connectivity index (χ0n) is 12.5. The van der Waals surface area contributed by atoms with Crippen LogP contribution in [-0.4, -0.2) is 59.2 Å². The minimum Gasteiger partial charge on any atom is -0.243 e. The van der Waals surface area contributed by atoms with Crippen molar-refractivity contribution in [3.05, 3.63) is 0 Å². The molecule has 0 aromatic heterocycles. The van der Waals surface area contributed by atoms with Crippen molar-refractivity contribution in [2.45, 2.75) is 54.3 Å². The van der Waals surface area contributed by atoms with Gasteiger partial charge in [0.2, 0.25) is 0 Å². The number of rotatable bonds is 4. The van der Waals surface area contributed by atoms with Crippen molar-refractivity contribution in [2.24, 2.45) is 0 Å². The van der Waals surface area contributed by atoms with Crippen molar-refractivity contribution in [1.29, 1.82) is 0 Å². The summed E-state index contributed by atoms with van der Waals surface area (Å²) in [4.78, 5) is -4.61. The minimum atomic E-state index is -8.75. The first-order valence-corrected chi connectivity index (χ1v) is 6.17. The number of ether oxygens (including phenoxy) is 1. The summed E-state index contributed by atoms with van der Waals surface area (Å²) in [7, 11) is 0. The molecule has 2 nitrogen and oxygen atoms in total. The zero-order valence-corrected chi connectivity index (χ0v) is 12.5. The van der Waals surface area contributed by atoms with Crippen LogP contribution < -0.4 is 0 Å². The number of alkyl halides is 19. The van der Waals surface area contributed by atoms with E-state index in [4.69, 9.17) is 0 Å². The van der Waals surface area contributed by atoms with Crippen LogP contribution in [0.3, 0.4) is 0 Å². The Labute approximate surface area is 149 Å². The second-order valence-electron chi connectivity index (χ2n) is 5.32. The molecular formula is C9F19NO. The number of hydrogen-bond donors (Lipinski definition) is 0. The fourth-order valence-corrected chi connectivity index (χ4v) is 1.78. The predicted octanol–water partition coefficient (Wildman–Crippen LogP) is 5.75. The van der Waals surface area contributed by atoms with Gasteiger partial charge in [-0.25, -0.2) is 4.74 Å². The third kappa shape index (κ3) is 2.97. The largest absolute Gasteiger partial charge is 0.460 e. The fraction of sp³-hybridized carbons (Fsp3) is 1.00. The zero-order chi connectivity index (χ0) is 24.8. The minimum absolute atomic E-state index is 1.53. The Morgan fingerprint density at radius 3 is 1.03 bits per heavy atom. The first kappa shape index (κ1) is 26.6. The Morgan fingerprint density at radius 2 is 0.767 bits per heavy atom. The third-order valence-electron chi connectivity index (χ3n) is 3.32. The van der Waals surface area contributed by atoms with Crippen LogP contribution >= 0.6 is 0 Å². The normalized spacial score (nSPS) is 25.3. The maximum Gasteiger partial charge on any atom is 0.460 e. The summed E-state index contributed by atoms with van der Waals surface area (Å²) in [6.07, 6.45) is -22.5. The molecule has 0 amide bonds. The van der Waals surface area contributed by atoms with Crippen molar-refractivity contribution in [3.8, 4) is 0 Å². The van der Waals surface area contributed by atoms with Gasteiger partial charge in [0.1, 0.15) is 0 Å². The first-order chi connectivity index (χ1) is 12.6. The molecule has 1 aliphatic rings. The molecule has 30 heavy (non-hydrogen) atoms. The maximum absolute atomic E-state index is 13.5. The molecule has 21 heteroatoms. The smallest absolute Gasteiger partial charge is 0.243 e. The van der Waals surface area contributed by atoms with Gasteiger partial charge in [-0.2, -0.15) is 83.4 Å². The Hall–Kier alpha value is -1.41. The molecule has 0 aromatic rings. The molecule has 0 spiro atoms. The van der Waals surface area contributed by atoms with E-state index in [0.717, 1.165) is 0 Å². The van der Waals surface area contributed by atoms with Gasteiger partial charge in [0.05, 0.1) is 0 Å². The van der Waals surface area contributed by atoms with Gasteiger partial charge < -0.3 is 0 Å². The van der Waals surface area contributed by atoms with Gasteiger partial charge in [-0.15, -0.1) is 0 Å². The Kier molecular flexibility index (Phi) is 5.41. The molecular weight excluding hydrogens is 499 g/mol. The summed E-state index contributed by atoms with van der Waals surface area (Å²) in [6.45, 7) is 0. The highest BCUT2D eigenvalue weighted by Gasteiger charge is 2.95. The van der Waals surface area contributed by atoms with E-state index >= 15 is 0 Å². The lowest BCUT2D eigenvalue weighted by molar-refractivity contribution is -0.598. The monoisotopic (exact) mass is 499 g/mol. The van der Waals surface area contributed by atoms with Crippen LogP contribution in [0.25, 0.3) is 0 Å². The van der Waals surface area contributed by atoms with Gasteiger partial charge in [-0.05, 0) is 0 Å². The lowest BCUT2D eigenvalue weighted by Crippen LogP contribution is -2.82. The first-order valence-electron chi connectivity index (χ1n) is 6.17. The van der Waals surface area contributed by atoms with E-state index in [0.29, 0.717) is 0 Å². The van der Waals surface area contributed by atoms with Gasteiger partial charge in [0, 0.05) is 0 Å². The van der Waals surface area contributed by atoms with Crippen LogP contribution in [0.1, 0.15) is 0 Å². The standard InChI is InChI=1S/C9F19NO/c10-1(11,2(12,13)4(16,17)18)3(14,15)5(19,20)29-6(21,22)8(25,26)30-9(27,28)7(29,23)24. The van der Waals surface area contributed by atoms with Crippen LogP contribution in [0.4, 0.5) is 83.4 Å². The third-order valence-corrected chi connectivity index (χ3v) is 3.32. The van der Waals surface area contributed by atoms with Crippen LogP contribution in [0.2, 0.25) is 0 Å². The highest BCUT2D eigenvalue weighted by molar-refractivity contribution is 5.10. The van der Waals surface area contributed by atoms with Gasteiger partial charge in [-0.3, -0.25) is 0 Å². The SMILES string of the molecule is FC(F)(F)C(F)(F)C(F)(F)C(F)(F)C(F)(F)N1C(F)(F)C(F)(F)OC(F)(F)C1(F)F. The molecule has 1 aliphatic heterocycles. The van der Waals surface area contributed by atoms with Crippen molar-refractivity contribution < 1.29 is 88.2 Å². The lowest BCUT2D eigenvalue weighted by atomic mass is 10.00. The molecule has 0 saturated carbocycles. The maximum atomic E-state index is 13.5. The number of morpholine rings is 1. The van der Waals surface area contributed by atoms with E-state index in [9.17, 15) is 83.4 Å². The predicted molar refractivity (Wildman–Crippen MR) is 48.6 cm³/mol. The molecule has 0 unspecified atom stereocenters. The lowest BCUT2D eigenvalue weighted by Gasteiger charge is -2.51. The van der Waals surface area contributed by atoms with Gasteiger partial charge >= 0.3 is 54.3 Å². The molecule has 1 rings (SSSR count). The van der Waals surface area contributed by atoms with Crippen molar-refractivity contribution in [2.75, 3.05) is 0 Å². The second kappa shape index (κ2) is 6.09. The highest BCUT2D eigenvalue weighted by Crippen LogP contribution is 2.64. The average molecular weight is 499 g/mol. The molecule has 180 valence electrons. The molecule has 0 radical (unpaired) electrons. The van der Waals surface area contributed by atoms with E-state index in [2.05, 4.69) is 0 Å². The quantitative estimate of drug-likeness (QED) is 0.361. The summed E-state index contributed by atoms with van der Waals surface area (Å²) in [5, 5.41) is 0. The van der Waals surface area contributed by atoms with E-state index in [1.807, 2.05) is 0 Å². The summed E-state index contributed by atoms with van der Waals surface area (Å²) >= 11 is 0. The highest BCUT2D eigenvalue weighted by atomic mass is 19.4. The topological polar surface area (TPSA) is 12.5 Å². The van der Waals surface area contributed by atoms with Crippen LogP contribution in [0, 0.1) is 0 Å². The van der Waals surface area contributed by atoms with Gasteiger partial charge in [-0.1, -0.05) is 4.90 Å². The van der Waals surface area contributed by atoms with Gasteiger partial charge in [0.25, 0.3) is 0 Å². The summed E-state index contributed by atoms with van der Waals surface area (Å²) in [6, 6.07) is -24.2. The van der Waals surface area contributed by atoms with E-state index in [1.165, 1.54) is 4.74 Å². The molecule has 0 bridgehead atoms. The van der Waals surface area contributed by atoms with Crippen LogP contribution in [0.15, 0.2) is 0 Å². The summed E-state index contributed by atoms with van der Waals surface area (Å²) in [5.74, 6) is -25.7. The Morgan fingerprint density at radius 1 is 0.467 bits per heavy atom. The molecule has 1 saturated heterocycles. The molecule has 1 heterocycles. The van der Waals surface area contributed by atoms with Crippen molar-refractivity contribution >= 4 is 0 Å². The average Bonchev–Trinajstić information content (AvgIpc) is 2.41. The van der Waals surface area contributed by atoms with E-state index in [1.54, 1.807) is 0 Å². The molecule has 0 atom stereocenters. The molecule has 0 N–H and O–H groups in total. The van der Waals surface area contributed by atoms with E-state index < -0.39 is 59.2 Å². The van der Waals surface area contributed by atoms with Crippen LogP contribution in [-0.2, 0) is 4.74 Å². The fourth-order valence-electron chi connectivity index (χ4n) is 1.78. The summed E-state index contributed by atoms with van der Waals surface area (Å²) < 4.78 is 246.